The van der Waals surface area contributed by atoms with Crippen LogP contribution < -0.4 is 4.90 Å². The van der Waals surface area contributed by atoms with E-state index in [0.29, 0.717) is 0 Å². The van der Waals surface area contributed by atoms with Gasteiger partial charge in [0.25, 0.3) is 0 Å². The molecular formula is C15H24N4O. The molecule has 110 valence electrons. The molecule has 2 rings (SSSR count). The third-order valence-corrected chi connectivity index (χ3v) is 4.28. The molecule has 1 saturated heterocycles. The minimum atomic E-state index is 0.0683. The quantitative estimate of drug-likeness (QED) is 0.845. The summed E-state index contributed by atoms with van der Waals surface area (Å²) in [4.78, 5) is 24.3. The Kier molecular flexibility index (Phi) is 4.26. The fourth-order valence-electron chi connectivity index (χ4n) is 2.32. The maximum atomic E-state index is 11.3. The average molecular weight is 276 g/mol. The van der Waals surface area contributed by atoms with Crippen molar-refractivity contribution < 1.29 is 4.79 Å². The van der Waals surface area contributed by atoms with E-state index in [1.165, 1.54) is 0 Å². The highest BCUT2D eigenvalue weighted by molar-refractivity contribution is 5.73. The standard InChI is InChI=1S/C15H24N4O/c1-5-15(3,4)13-10-14(17-11-16-13)19-8-6-18(7-9-19)12(2)20/h10-11H,5-9H2,1-4H3. The number of carbonyl (C=O) groups is 1. The Bertz CT molecular complexity index is 479. The van der Waals surface area contributed by atoms with Gasteiger partial charge in [0, 0.05) is 44.6 Å². The Labute approximate surface area is 121 Å². The van der Waals surface area contributed by atoms with Gasteiger partial charge in [0.15, 0.2) is 0 Å². The lowest BCUT2D eigenvalue weighted by Gasteiger charge is -2.35. The summed E-state index contributed by atoms with van der Waals surface area (Å²) in [6.45, 7) is 11.4. The van der Waals surface area contributed by atoms with Gasteiger partial charge in [-0.2, -0.15) is 0 Å². The van der Waals surface area contributed by atoms with E-state index in [4.69, 9.17) is 0 Å². The normalized spacial score (nSPS) is 16.4. The summed E-state index contributed by atoms with van der Waals surface area (Å²) in [5, 5.41) is 0. The lowest BCUT2D eigenvalue weighted by molar-refractivity contribution is -0.129. The predicted molar refractivity (Wildman–Crippen MR) is 79.8 cm³/mol. The fourth-order valence-corrected chi connectivity index (χ4v) is 2.32. The SMILES string of the molecule is CCC(C)(C)c1cc(N2CCN(C(C)=O)CC2)ncn1. The van der Waals surface area contributed by atoms with Gasteiger partial charge in [-0.15, -0.1) is 0 Å². The fraction of sp³-hybridized carbons (Fsp3) is 0.667. The molecular weight excluding hydrogens is 252 g/mol. The summed E-state index contributed by atoms with van der Waals surface area (Å²) in [6.07, 6.45) is 2.70. The third-order valence-electron chi connectivity index (χ3n) is 4.28. The second-order valence-corrected chi connectivity index (χ2v) is 5.99. The van der Waals surface area contributed by atoms with Gasteiger partial charge in [-0.1, -0.05) is 20.8 Å². The van der Waals surface area contributed by atoms with E-state index in [2.05, 4.69) is 41.7 Å². The third kappa shape index (κ3) is 3.08. The summed E-state index contributed by atoms with van der Waals surface area (Å²) >= 11 is 0. The van der Waals surface area contributed by atoms with Crippen LogP contribution in [-0.4, -0.2) is 47.0 Å². The molecule has 1 amide bonds. The van der Waals surface area contributed by atoms with Gasteiger partial charge in [0.2, 0.25) is 5.91 Å². The zero-order chi connectivity index (χ0) is 14.8. The summed E-state index contributed by atoms with van der Waals surface area (Å²) < 4.78 is 0. The van der Waals surface area contributed by atoms with Crippen LogP contribution in [0, 0.1) is 0 Å². The van der Waals surface area contributed by atoms with Crippen LogP contribution in [0.15, 0.2) is 12.4 Å². The van der Waals surface area contributed by atoms with Crippen molar-refractivity contribution in [2.24, 2.45) is 0 Å². The molecule has 0 aromatic carbocycles. The molecule has 1 aromatic heterocycles. The van der Waals surface area contributed by atoms with Crippen molar-refractivity contribution in [3.63, 3.8) is 0 Å². The van der Waals surface area contributed by atoms with Crippen LogP contribution in [0.1, 0.15) is 39.8 Å². The molecule has 20 heavy (non-hydrogen) atoms. The van der Waals surface area contributed by atoms with Crippen molar-refractivity contribution in [1.82, 2.24) is 14.9 Å². The number of hydrogen-bond acceptors (Lipinski definition) is 4. The lowest BCUT2D eigenvalue weighted by Crippen LogP contribution is -2.48. The van der Waals surface area contributed by atoms with Crippen LogP contribution in [-0.2, 0) is 10.2 Å². The van der Waals surface area contributed by atoms with Crippen LogP contribution in [0.3, 0.4) is 0 Å². The smallest absolute Gasteiger partial charge is 0.219 e. The first kappa shape index (κ1) is 14.8. The first-order valence-electron chi connectivity index (χ1n) is 7.27. The summed E-state index contributed by atoms with van der Waals surface area (Å²) in [7, 11) is 0. The molecule has 0 saturated carbocycles. The van der Waals surface area contributed by atoms with Gasteiger partial charge in [0.05, 0.1) is 5.69 Å². The molecule has 0 unspecified atom stereocenters. The number of carbonyl (C=O) groups excluding carboxylic acids is 1. The molecule has 1 aromatic rings. The highest BCUT2D eigenvalue weighted by atomic mass is 16.2. The van der Waals surface area contributed by atoms with Crippen LogP contribution in [0.4, 0.5) is 5.82 Å². The second-order valence-electron chi connectivity index (χ2n) is 5.99. The van der Waals surface area contributed by atoms with Gasteiger partial charge in [0.1, 0.15) is 12.1 Å². The summed E-state index contributed by atoms with van der Waals surface area (Å²) in [5.41, 5.74) is 1.15. The largest absolute Gasteiger partial charge is 0.353 e. The zero-order valence-electron chi connectivity index (χ0n) is 12.9. The number of anilines is 1. The Morgan fingerprint density at radius 1 is 1.25 bits per heavy atom. The van der Waals surface area contributed by atoms with Crippen molar-refractivity contribution >= 4 is 11.7 Å². The number of hydrogen-bond donors (Lipinski definition) is 0. The highest BCUT2D eigenvalue weighted by Gasteiger charge is 2.23. The Hall–Kier alpha value is -1.65. The van der Waals surface area contributed by atoms with E-state index < -0.39 is 0 Å². The number of rotatable bonds is 3. The predicted octanol–water partition coefficient (Wildman–Crippen LogP) is 1.83. The maximum absolute atomic E-state index is 11.3. The number of nitrogens with zero attached hydrogens (tertiary/aromatic N) is 4. The summed E-state index contributed by atoms with van der Waals surface area (Å²) in [6, 6.07) is 2.09. The topological polar surface area (TPSA) is 49.3 Å². The first-order chi connectivity index (χ1) is 9.44. The van der Waals surface area contributed by atoms with Gasteiger partial charge in [-0.05, 0) is 6.42 Å². The highest BCUT2D eigenvalue weighted by Crippen LogP contribution is 2.26. The van der Waals surface area contributed by atoms with Gasteiger partial charge in [-0.3, -0.25) is 4.79 Å². The van der Waals surface area contributed by atoms with Crippen molar-refractivity contribution in [2.45, 2.75) is 39.5 Å². The molecule has 1 aliphatic rings. The lowest BCUT2D eigenvalue weighted by atomic mass is 9.86. The molecule has 0 aliphatic carbocycles. The monoisotopic (exact) mass is 276 g/mol. The molecule has 0 atom stereocenters. The molecule has 5 nitrogen and oxygen atoms in total. The average Bonchev–Trinajstić information content (AvgIpc) is 2.47. The molecule has 0 spiro atoms. The van der Waals surface area contributed by atoms with Crippen molar-refractivity contribution in [1.29, 1.82) is 0 Å². The zero-order valence-corrected chi connectivity index (χ0v) is 12.9. The van der Waals surface area contributed by atoms with Crippen LogP contribution >= 0.6 is 0 Å². The van der Waals surface area contributed by atoms with Crippen LogP contribution in [0.5, 0.6) is 0 Å². The minimum Gasteiger partial charge on any atom is -0.353 e. The van der Waals surface area contributed by atoms with E-state index in [1.54, 1.807) is 13.3 Å². The number of amides is 1. The summed E-state index contributed by atoms with van der Waals surface area (Å²) in [5.74, 6) is 1.12. The van der Waals surface area contributed by atoms with Gasteiger partial charge >= 0.3 is 0 Å². The first-order valence-corrected chi connectivity index (χ1v) is 7.27. The Balaban J connectivity index is 2.11. The van der Waals surface area contributed by atoms with Crippen LogP contribution in [0.25, 0.3) is 0 Å². The number of aromatic nitrogens is 2. The van der Waals surface area contributed by atoms with E-state index in [1.807, 2.05) is 4.90 Å². The van der Waals surface area contributed by atoms with E-state index >= 15 is 0 Å². The second kappa shape index (κ2) is 5.77. The van der Waals surface area contributed by atoms with Crippen molar-refractivity contribution in [2.75, 3.05) is 31.1 Å². The molecule has 2 heterocycles. The van der Waals surface area contributed by atoms with Crippen molar-refractivity contribution in [3.05, 3.63) is 18.1 Å². The minimum absolute atomic E-state index is 0.0683. The van der Waals surface area contributed by atoms with E-state index in [-0.39, 0.29) is 11.3 Å². The molecule has 5 heteroatoms. The molecule has 0 bridgehead atoms. The number of piperazine rings is 1. The maximum Gasteiger partial charge on any atom is 0.219 e. The molecule has 1 aliphatic heterocycles. The van der Waals surface area contributed by atoms with Crippen molar-refractivity contribution in [3.8, 4) is 0 Å². The van der Waals surface area contributed by atoms with Gasteiger partial charge < -0.3 is 9.80 Å². The van der Waals surface area contributed by atoms with Crippen LogP contribution in [0.2, 0.25) is 0 Å². The Morgan fingerprint density at radius 3 is 2.45 bits per heavy atom. The molecule has 1 fully saturated rings. The van der Waals surface area contributed by atoms with Gasteiger partial charge in [-0.25, -0.2) is 9.97 Å². The molecule has 0 radical (unpaired) electrons. The molecule has 0 N–H and O–H groups in total. The Morgan fingerprint density at radius 2 is 1.90 bits per heavy atom. The van der Waals surface area contributed by atoms with E-state index in [9.17, 15) is 4.79 Å². The van der Waals surface area contributed by atoms with E-state index in [0.717, 1.165) is 44.1 Å².